The molecule has 0 unspecified atom stereocenters. The van der Waals surface area contributed by atoms with Crippen LogP contribution >= 0.6 is 0 Å². The van der Waals surface area contributed by atoms with Crippen molar-refractivity contribution in [2.24, 2.45) is 0 Å². The third-order valence-corrected chi connectivity index (χ3v) is 5.27. The van der Waals surface area contributed by atoms with Crippen molar-refractivity contribution in [3.8, 4) is 5.75 Å². The van der Waals surface area contributed by atoms with E-state index in [1.165, 1.54) is 0 Å². The fourth-order valence-corrected chi connectivity index (χ4v) is 3.90. The van der Waals surface area contributed by atoms with Gasteiger partial charge in [0.15, 0.2) is 5.60 Å². The fraction of sp³-hybridized carbons (Fsp3) is 0.632. The first kappa shape index (κ1) is 18.2. The largest absolute Gasteiger partial charge is 0.488 e. The zero-order valence-electron chi connectivity index (χ0n) is 15.0. The predicted octanol–water partition coefficient (Wildman–Crippen LogP) is 1.18. The molecular weight excluding hydrogens is 320 g/mol. The number of morpholine rings is 1. The second kappa shape index (κ2) is 7.72. The number of nitrogens with zero attached hydrogens (tertiary/aromatic N) is 1. The van der Waals surface area contributed by atoms with Crippen LogP contribution in [0.2, 0.25) is 0 Å². The Morgan fingerprint density at radius 3 is 2.84 bits per heavy atom. The lowest BCUT2D eigenvalue weighted by Gasteiger charge is -2.46. The van der Waals surface area contributed by atoms with E-state index in [1.54, 1.807) is 7.05 Å². The molecule has 6 heteroatoms. The van der Waals surface area contributed by atoms with Gasteiger partial charge in [0.25, 0.3) is 5.91 Å². The summed E-state index contributed by atoms with van der Waals surface area (Å²) in [6, 6.07) is 9.61. The van der Waals surface area contributed by atoms with E-state index in [0.29, 0.717) is 19.7 Å². The van der Waals surface area contributed by atoms with E-state index < -0.39 is 11.7 Å². The normalized spacial score (nSPS) is 33.6. The van der Waals surface area contributed by atoms with Crippen LogP contribution in [0.15, 0.2) is 30.3 Å². The van der Waals surface area contributed by atoms with E-state index in [0.717, 1.165) is 25.0 Å². The minimum atomic E-state index is -0.875. The minimum Gasteiger partial charge on any atom is -0.488 e. The van der Waals surface area contributed by atoms with Crippen molar-refractivity contribution in [2.75, 3.05) is 26.7 Å². The molecule has 1 saturated heterocycles. The number of para-hydroxylation sites is 1. The molecule has 1 aromatic carbocycles. The Balaban J connectivity index is 1.68. The lowest BCUT2D eigenvalue weighted by atomic mass is 9.87. The summed E-state index contributed by atoms with van der Waals surface area (Å²) in [4.78, 5) is 14.3. The van der Waals surface area contributed by atoms with Crippen LogP contribution in [0.4, 0.5) is 0 Å². The molecule has 0 aromatic heterocycles. The van der Waals surface area contributed by atoms with Gasteiger partial charge in [-0.3, -0.25) is 9.69 Å². The van der Waals surface area contributed by atoms with Crippen LogP contribution in [0.3, 0.4) is 0 Å². The average Bonchev–Trinajstić information content (AvgIpc) is 2.63. The first-order valence-corrected chi connectivity index (χ1v) is 9.03. The first-order chi connectivity index (χ1) is 12.0. The highest BCUT2D eigenvalue weighted by Gasteiger charge is 2.44. The maximum Gasteiger partial charge on any atom is 0.253 e. The summed E-state index contributed by atoms with van der Waals surface area (Å²) in [6.45, 7) is 3.49. The number of amides is 1. The Hall–Kier alpha value is -1.63. The molecule has 1 amide bonds. The third kappa shape index (κ3) is 3.97. The molecule has 2 aliphatic rings. The van der Waals surface area contributed by atoms with Crippen molar-refractivity contribution in [1.82, 2.24) is 10.2 Å². The van der Waals surface area contributed by atoms with Gasteiger partial charge in [-0.05, 0) is 38.3 Å². The molecule has 2 N–H and O–H groups in total. The van der Waals surface area contributed by atoms with Gasteiger partial charge in [0.1, 0.15) is 18.0 Å². The number of aliphatic hydroxyl groups excluding tert-OH is 1. The summed E-state index contributed by atoms with van der Waals surface area (Å²) in [5, 5.41) is 13.6. The highest BCUT2D eigenvalue weighted by atomic mass is 16.5. The molecule has 25 heavy (non-hydrogen) atoms. The average molecular weight is 348 g/mol. The molecule has 0 bridgehead atoms. The van der Waals surface area contributed by atoms with Gasteiger partial charge < -0.3 is 19.9 Å². The monoisotopic (exact) mass is 348 g/mol. The Kier molecular flexibility index (Phi) is 5.61. The fourth-order valence-electron chi connectivity index (χ4n) is 3.90. The Bertz CT molecular complexity index is 582. The number of nitrogens with one attached hydrogen (secondary N) is 1. The van der Waals surface area contributed by atoms with E-state index in [1.807, 2.05) is 37.3 Å². The van der Waals surface area contributed by atoms with Crippen molar-refractivity contribution >= 4 is 5.91 Å². The molecule has 0 radical (unpaired) electrons. The van der Waals surface area contributed by atoms with Crippen molar-refractivity contribution in [2.45, 2.75) is 50.0 Å². The van der Waals surface area contributed by atoms with Gasteiger partial charge in [-0.15, -0.1) is 0 Å². The number of carbonyl (C=O) groups is 1. The highest BCUT2D eigenvalue weighted by molar-refractivity contribution is 5.84. The number of likely N-dealkylation sites (N-methyl/N-ethyl adjacent to an activating group) is 1. The second-order valence-electron chi connectivity index (χ2n) is 7.09. The highest BCUT2D eigenvalue weighted by Crippen LogP contribution is 2.30. The summed E-state index contributed by atoms with van der Waals surface area (Å²) in [7, 11) is 1.62. The third-order valence-electron chi connectivity index (χ3n) is 5.27. The summed E-state index contributed by atoms with van der Waals surface area (Å²) < 4.78 is 11.8. The van der Waals surface area contributed by atoms with Gasteiger partial charge in [-0.1, -0.05) is 18.2 Å². The van der Waals surface area contributed by atoms with E-state index >= 15 is 0 Å². The quantitative estimate of drug-likeness (QED) is 0.855. The maximum absolute atomic E-state index is 12.2. The van der Waals surface area contributed by atoms with Crippen LogP contribution in [0, 0.1) is 0 Å². The molecule has 4 atom stereocenters. The van der Waals surface area contributed by atoms with E-state index in [4.69, 9.17) is 9.47 Å². The summed E-state index contributed by atoms with van der Waals surface area (Å²) in [6.07, 6.45) is 1.92. The predicted molar refractivity (Wildman–Crippen MR) is 94.5 cm³/mol. The van der Waals surface area contributed by atoms with Crippen LogP contribution in [-0.4, -0.2) is 66.5 Å². The Morgan fingerprint density at radius 2 is 2.12 bits per heavy atom. The molecule has 6 nitrogen and oxygen atoms in total. The van der Waals surface area contributed by atoms with Crippen LogP contribution in [0.5, 0.6) is 5.75 Å². The van der Waals surface area contributed by atoms with Crippen molar-refractivity contribution in [1.29, 1.82) is 0 Å². The van der Waals surface area contributed by atoms with Gasteiger partial charge in [0, 0.05) is 26.2 Å². The summed E-state index contributed by atoms with van der Waals surface area (Å²) in [5.74, 6) is 0.656. The molecule has 1 saturated carbocycles. The van der Waals surface area contributed by atoms with Gasteiger partial charge in [0.05, 0.1) is 6.61 Å². The van der Waals surface area contributed by atoms with Crippen molar-refractivity contribution < 1.29 is 19.4 Å². The van der Waals surface area contributed by atoms with Crippen molar-refractivity contribution in [3.63, 3.8) is 0 Å². The summed E-state index contributed by atoms with van der Waals surface area (Å²) >= 11 is 0. The molecule has 2 fully saturated rings. The number of aliphatic hydroxyl groups is 1. The number of hydrogen-bond acceptors (Lipinski definition) is 5. The second-order valence-corrected chi connectivity index (χ2v) is 7.09. The number of ether oxygens (including phenoxy) is 2. The van der Waals surface area contributed by atoms with E-state index in [9.17, 15) is 9.90 Å². The van der Waals surface area contributed by atoms with E-state index in [-0.39, 0.29) is 18.1 Å². The van der Waals surface area contributed by atoms with Crippen LogP contribution in [0.25, 0.3) is 0 Å². The number of benzene rings is 1. The van der Waals surface area contributed by atoms with Crippen molar-refractivity contribution in [3.05, 3.63) is 30.3 Å². The van der Waals surface area contributed by atoms with Crippen LogP contribution in [0.1, 0.15) is 26.2 Å². The molecule has 3 rings (SSSR count). The Labute approximate surface area is 149 Å². The minimum absolute atomic E-state index is 0.0182. The lowest BCUT2D eigenvalue weighted by Crippen LogP contribution is -2.63. The topological polar surface area (TPSA) is 71.0 Å². The zero-order chi connectivity index (χ0) is 17.9. The van der Waals surface area contributed by atoms with Gasteiger partial charge in [0.2, 0.25) is 0 Å². The van der Waals surface area contributed by atoms with Crippen LogP contribution < -0.4 is 10.1 Å². The number of hydrogen-bond donors (Lipinski definition) is 2. The molecule has 1 aliphatic carbocycles. The number of rotatable bonds is 4. The van der Waals surface area contributed by atoms with Gasteiger partial charge >= 0.3 is 0 Å². The molecule has 0 spiro atoms. The molecular formula is C19H28N2O4. The van der Waals surface area contributed by atoms with Gasteiger partial charge in [-0.2, -0.15) is 0 Å². The maximum atomic E-state index is 12.2. The molecule has 1 aliphatic heterocycles. The molecule has 138 valence electrons. The standard InChI is InChI=1S/C19H28N2O4/c1-19(18(23)20-2)13-21(11-12-24-19)15-9-6-10-16(17(15)22)25-14-7-4-3-5-8-14/h3-5,7-8,15-17,22H,6,9-13H2,1-2H3,(H,20,23)/t15-,16+,17+,19+/m0/s1. The first-order valence-electron chi connectivity index (χ1n) is 9.03. The molecule has 1 heterocycles. The lowest BCUT2D eigenvalue weighted by molar-refractivity contribution is -0.165. The Morgan fingerprint density at radius 1 is 1.36 bits per heavy atom. The smallest absolute Gasteiger partial charge is 0.253 e. The van der Waals surface area contributed by atoms with E-state index in [2.05, 4.69) is 10.2 Å². The van der Waals surface area contributed by atoms with Crippen LogP contribution in [-0.2, 0) is 9.53 Å². The zero-order valence-corrected chi connectivity index (χ0v) is 15.0. The van der Waals surface area contributed by atoms with Gasteiger partial charge in [-0.25, -0.2) is 0 Å². The SMILES string of the molecule is CNC(=O)[C@@]1(C)CN([C@H]2CCC[C@@H](Oc3ccccc3)[C@@H]2O)CCO1. The summed E-state index contributed by atoms with van der Waals surface area (Å²) in [5.41, 5.74) is -0.875. The molecule has 1 aromatic rings. The number of carbonyl (C=O) groups excluding carboxylic acids is 1.